The number of anilines is 4. The molecule has 2 amide bonds. The summed E-state index contributed by atoms with van der Waals surface area (Å²) in [6, 6.07) is 3.86. The van der Waals surface area contributed by atoms with Gasteiger partial charge in [0.25, 0.3) is 0 Å². The van der Waals surface area contributed by atoms with Crippen LogP contribution in [0.5, 0.6) is 0 Å². The van der Waals surface area contributed by atoms with Crippen molar-refractivity contribution in [1.82, 2.24) is 54.9 Å². The number of amides is 2. The van der Waals surface area contributed by atoms with Gasteiger partial charge in [0.15, 0.2) is 29.6 Å². The van der Waals surface area contributed by atoms with Gasteiger partial charge in [-0.25, -0.2) is 52.1 Å². The molecule has 0 saturated heterocycles. The second-order valence-electron chi connectivity index (χ2n) is 17.3. The number of H-pyrrole nitrogens is 2. The lowest BCUT2D eigenvalue weighted by Gasteiger charge is -2.18. The molecule has 2 aliphatic rings. The molecule has 6 heterocycles. The van der Waals surface area contributed by atoms with Crippen molar-refractivity contribution in [2.75, 3.05) is 10.6 Å². The predicted molar refractivity (Wildman–Crippen MR) is 224 cm³/mol. The summed E-state index contributed by atoms with van der Waals surface area (Å²) in [5.41, 5.74) is 0.238. The number of nitrogens with one attached hydrogen (secondary N) is 6. The first-order valence-electron chi connectivity index (χ1n) is 21.8. The van der Waals surface area contributed by atoms with E-state index in [1.807, 2.05) is 0 Å². The number of rotatable bonds is 16. The maximum Gasteiger partial charge on any atom is 0.522 e. The highest BCUT2D eigenvalue weighted by Gasteiger charge is 2.43. The van der Waals surface area contributed by atoms with Gasteiger partial charge in [-0.05, 0) is 59.4 Å². The van der Waals surface area contributed by atoms with Crippen LogP contribution >= 0.6 is 0 Å². The van der Waals surface area contributed by atoms with E-state index in [-0.39, 0.29) is 96.0 Å². The molecule has 0 bridgehead atoms. The number of carbonyl (C=O) groups is 2. The summed E-state index contributed by atoms with van der Waals surface area (Å²) in [4.78, 5) is 37.3. The molecule has 2 fully saturated rings. The number of ether oxygens (including phenoxy) is 4. The Morgan fingerprint density at radius 2 is 1.53 bits per heavy atom. The molecule has 20 nitrogen and oxygen atoms in total. The highest BCUT2D eigenvalue weighted by Crippen LogP contribution is 2.40. The molecule has 0 spiro atoms. The average Bonchev–Trinajstić information content (AvgIpc) is 4.12. The Morgan fingerprint density at radius 3 is 2.21 bits per heavy atom. The highest BCUT2D eigenvalue weighted by molar-refractivity contribution is 5.73. The van der Waals surface area contributed by atoms with Crippen LogP contribution < -0.4 is 25.9 Å². The van der Waals surface area contributed by atoms with Crippen LogP contribution in [0.4, 0.5) is 72.5 Å². The molecule has 2 aliphatic carbocycles. The minimum atomic E-state index is -5.01. The van der Waals surface area contributed by atoms with Gasteiger partial charge in [0.1, 0.15) is 42.4 Å². The molecular formula is C41H46F9N14O6+. The fourth-order valence-electron chi connectivity index (χ4n) is 8.21. The van der Waals surface area contributed by atoms with Crippen LogP contribution in [-0.2, 0) is 38.7 Å². The van der Waals surface area contributed by atoms with E-state index in [2.05, 4.69) is 61.1 Å². The van der Waals surface area contributed by atoms with Gasteiger partial charge >= 0.3 is 36.7 Å². The van der Waals surface area contributed by atoms with E-state index in [1.165, 1.54) is 27.5 Å². The largest absolute Gasteiger partial charge is 0.522 e. The number of nitrogens with zero attached hydrogens (tertiary/aromatic N) is 8. The van der Waals surface area contributed by atoms with Gasteiger partial charge in [0.2, 0.25) is 0 Å². The molecule has 6 N–H and O–H groups in total. The molecule has 0 unspecified atom stereocenters. The highest BCUT2D eigenvalue weighted by atomic mass is 19.4. The van der Waals surface area contributed by atoms with Crippen molar-refractivity contribution >= 4 is 46.8 Å². The molecule has 6 aromatic heterocycles. The lowest BCUT2D eigenvalue weighted by atomic mass is 10.0. The Bertz CT molecular complexity index is 2830. The zero-order valence-corrected chi connectivity index (χ0v) is 37.5. The summed E-state index contributed by atoms with van der Waals surface area (Å²) in [5.74, 6) is -2.16. The smallest absolute Gasteiger partial charge is 0.443 e. The predicted octanol–water partition coefficient (Wildman–Crippen LogP) is 7.30. The number of aromatic nitrogens is 10. The van der Waals surface area contributed by atoms with Gasteiger partial charge in [-0.1, -0.05) is 0 Å². The van der Waals surface area contributed by atoms with Crippen LogP contribution in [0.1, 0.15) is 93.7 Å². The molecule has 29 heteroatoms. The number of halogens is 9. The molecule has 2 saturated carbocycles. The molecule has 0 aliphatic heterocycles. The Morgan fingerprint density at radius 1 is 0.843 bits per heavy atom. The summed E-state index contributed by atoms with van der Waals surface area (Å²) in [6.07, 6.45) is -13.1. The fourth-order valence-corrected chi connectivity index (χ4v) is 8.21. The van der Waals surface area contributed by atoms with Crippen molar-refractivity contribution in [2.24, 2.45) is 0 Å². The van der Waals surface area contributed by atoms with Crippen molar-refractivity contribution in [3.05, 3.63) is 71.1 Å². The van der Waals surface area contributed by atoms with Gasteiger partial charge in [-0.3, -0.25) is 14.6 Å². The van der Waals surface area contributed by atoms with Crippen LogP contribution in [-0.4, -0.2) is 106 Å². The number of fused-ring (bicyclic) bond motifs is 2. The number of alkyl carbamates (subject to hydrolysis) is 2. The van der Waals surface area contributed by atoms with Crippen LogP contribution in [0, 0.1) is 5.82 Å². The zero-order chi connectivity index (χ0) is 50.2. The molecule has 378 valence electrons. The Labute approximate surface area is 390 Å². The third-order valence-corrected chi connectivity index (χ3v) is 11.2. The maximum absolute atomic E-state index is 16.2. The van der Waals surface area contributed by atoms with Gasteiger partial charge < -0.3 is 25.4 Å². The van der Waals surface area contributed by atoms with Crippen molar-refractivity contribution in [2.45, 2.75) is 134 Å². The summed E-state index contributed by atoms with van der Waals surface area (Å²) in [5, 5.41) is 25.7. The Hall–Kier alpha value is -6.91. The van der Waals surface area contributed by atoms with Crippen LogP contribution in [0.3, 0.4) is 0 Å². The van der Waals surface area contributed by atoms with Gasteiger partial charge in [-0.15, -0.1) is 26.3 Å². The lowest BCUT2D eigenvalue weighted by molar-refractivity contribution is -0.730. The normalized spacial score (nSPS) is 20.8. The fraction of sp³-hybridized carbons (Fsp3) is 0.512. The van der Waals surface area contributed by atoms with Crippen LogP contribution in [0.25, 0.3) is 11.2 Å². The molecule has 8 rings (SSSR count). The van der Waals surface area contributed by atoms with Crippen molar-refractivity contribution in [3.63, 3.8) is 0 Å². The van der Waals surface area contributed by atoms with Gasteiger partial charge in [-0.2, -0.15) is 19.9 Å². The minimum absolute atomic E-state index is 0.00869. The minimum Gasteiger partial charge on any atom is -0.443 e. The molecular weight excluding hydrogens is 956 g/mol. The lowest BCUT2D eigenvalue weighted by Crippen LogP contribution is -2.40. The summed E-state index contributed by atoms with van der Waals surface area (Å²) in [7, 11) is 0. The third-order valence-electron chi connectivity index (χ3n) is 11.2. The number of imidazole rings is 1. The first-order chi connectivity index (χ1) is 33.0. The van der Waals surface area contributed by atoms with E-state index in [9.17, 15) is 40.3 Å². The molecule has 6 aromatic rings. The Kier molecular flexibility index (Phi) is 14.0. The summed E-state index contributed by atoms with van der Waals surface area (Å²) in [6.45, 7) is 4.62. The topological polar surface area (TPSA) is 228 Å². The van der Waals surface area contributed by atoms with E-state index in [4.69, 9.17) is 14.5 Å². The Balaban J connectivity index is 1.12. The summed E-state index contributed by atoms with van der Waals surface area (Å²) < 4.78 is 147. The number of alkyl halides is 8. The van der Waals surface area contributed by atoms with E-state index >= 15 is 8.78 Å². The maximum atomic E-state index is 16.2. The quantitative estimate of drug-likeness (QED) is 0.0414. The standard InChI is InChI=1S/C41H45F9N14O6/c1-18(2)52-38(65)69-30-6-5-24(34(30)44)28-11-33(57-37-51-12-26(43)36-55-23(13-62(36)37)17-68-41(48,49)50)64(61-28)15-22-14-63-29(9-21(60-63)16-67-40(45,46)47)35(54-22)56-32-10-27(58-59-32)20-7-25(42)31(8-20)70-39(66)53-19(3)4/h9-14,18-20,24-25,30-31,34H,5-8,15-17H2,1-4H3,(H5,51,52,53,54,55,56,57,58,59,60,61,65,66)/p+1/t20-,24-,25+,30-,31-,34+/m0/s1. The van der Waals surface area contributed by atoms with E-state index < -0.39 is 86.0 Å². The number of aromatic amines is 2. The second-order valence-corrected chi connectivity index (χ2v) is 17.3. The first-order valence-corrected chi connectivity index (χ1v) is 21.8. The van der Waals surface area contributed by atoms with Crippen LogP contribution in [0.2, 0.25) is 0 Å². The summed E-state index contributed by atoms with van der Waals surface area (Å²) >= 11 is 0. The van der Waals surface area contributed by atoms with Crippen molar-refractivity contribution in [1.29, 1.82) is 0 Å². The van der Waals surface area contributed by atoms with Crippen LogP contribution in [0.15, 0.2) is 36.8 Å². The van der Waals surface area contributed by atoms with E-state index in [1.54, 1.807) is 33.8 Å². The second kappa shape index (κ2) is 19.8. The first kappa shape index (κ1) is 49.5. The molecule has 0 aromatic carbocycles. The monoisotopic (exact) mass is 1000 g/mol. The van der Waals surface area contributed by atoms with Crippen molar-refractivity contribution in [3.8, 4) is 0 Å². The molecule has 6 atom stereocenters. The SMILES string of the molecule is CC(C)NC(=O)O[C@H]1CC[C@@H](c2cc(Nc3ncc(F)c4nc(COC(F)(F)F)cn34)[n+](Cc3cn4nc(COC(F)(F)F)cc4c(Nc4cc([C@H]5C[C@@H](F)[C@@H](OC(=O)NC(C)C)C5)[nH]n4)n3)[nH]2)[C@H]1F. The van der Waals surface area contributed by atoms with Crippen molar-refractivity contribution < 1.29 is 72.7 Å². The molecule has 0 radical (unpaired) electrons. The van der Waals surface area contributed by atoms with E-state index in [0.717, 1.165) is 16.8 Å². The van der Waals surface area contributed by atoms with Gasteiger partial charge in [0.05, 0.1) is 42.1 Å². The molecule has 70 heavy (non-hydrogen) atoms. The average molecular weight is 1000 g/mol. The number of carbonyl (C=O) groups excluding carboxylic acids is 2. The van der Waals surface area contributed by atoms with Gasteiger partial charge in [0, 0.05) is 41.9 Å². The number of hydrogen-bond donors (Lipinski definition) is 6. The third kappa shape index (κ3) is 11.9. The zero-order valence-electron chi connectivity index (χ0n) is 37.5. The van der Waals surface area contributed by atoms with E-state index in [0.29, 0.717) is 5.69 Å². The number of hydrogen-bond acceptors (Lipinski definition) is 13.